The molecule has 0 fully saturated rings. The van der Waals surface area contributed by atoms with Gasteiger partial charge in [0.25, 0.3) is 5.56 Å². The van der Waals surface area contributed by atoms with Crippen LogP contribution in [-0.4, -0.2) is 9.78 Å². The summed E-state index contributed by atoms with van der Waals surface area (Å²) in [6.07, 6.45) is 0.764. The largest absolute Gasteiger partial charge is 0.295 e. The summed E-state index contributed by atoms with van der Waals surface area (Å²) in [5, 5.41) is 4.00. The van der Waals surface area contributed by atoms with E-state index in [4.69, 9.17) is 23.2 Å². The van der Waals surface area contributed by atoms with Crippen molar-refractivity contribution in [3.05, 3.63) is 50.4 Å². The number of halogens is 2. The summed E-state index contributed by atoms with van der Waals surface area (Å²) < 4.78 is 1.40. The maximum atomic E-state index is 11.7. The first-order valence-electron chi connectivity index (χ1n) is 4.88. The predicted molar refractivity (Wildman–Crippen MR) is 65.8 cm³/mol. The van der Waals surface area contributed by atoms with Gasteiger partial charge < -0.3 is 0 Å². The Bertz CT molecular complexity index is 572. The highest BCUT2D eigenvalue weighted by molar-refractivity contribution is 6.34. The summed E-state index contributed by atoms with van der Waals surface area (Å²) in [6.45, 7) is 1.97. The maximum Gasteiger partial charge on any atom is 0.271 e. The molecule has 2 aromatic rings. The van der Waals surface area contributed by atoms with Crippen molar-refractivity contribution < 1.29 is 0 Å². The molecule has 1 aromatic heterocycles. The first kappa shape index (κ1) is 11.3. The molecule has 0 unspecified atom stereocenters. The van der Waals surface area contributed by atoms with E-state index < -0.39 is 0 Å². The number of aromatic amines is 1. The highest BCUT2D eigenvalue weighted by atomic mass is 35.5. The average molecular weight is 257 g/mol. The fourth-order valence-electron chi connectivity index (χ4n) is 1.46. The van der Waals surface area contributed by atoms with E-state index >= 15 is 0 Å². The number of nitrogens with zero attached hydrogens (tertiary/aromatic N) is 1. The van der Waals surface area contributed by atoms with Crippen LogP contribution in [0.4, 0.5) is 0 Å². The molecule has 0 amide bonds. The van der Waals surface area contributed by atoms with Crippen LogP contribution in [0.25, 0.3) is 5.69 Å². The Morgan fingerprint density at radius 2 is 2.06 bits per heavy atom. The number of H-pyrrole nitrogens is 1. The molecule has 1 heterocycles. The second-order valence-corrected chi connectivity index (χ2v) is 4.25. The van der Waals surface area contributed by atoms with Crippen molar-refractivity contribution in [3.8, 4) is 5.69 Å². The van der Waals surface area contributed by atoms with Gasteiger partial charge in [-0.05, 0) is 24.6 Å². The lowest BCUT2D eigenvalue weighted by Crippen LogP contribution is -2.13. The van der Waals surface area contributed by atoms with E-state index in [0.717, 1.165) is 12.1 Å². The van der Waals surface area contributed by atoms with Gasteiger partial charge in [0.05, 0.1) is 10.7 Å². The van der Waals surface area contributed by atoms with Gasteiger partial charge in [0.15, 0.2) is 0 Å². The smallest absolute Gasteiger partial charge is 0.271 e. The van der Waals surface area contributed by atoms with Crippen LogP contribution < -0.4 is 5.56 Å². The van der Waals surface area contributed by atoms with Gasteiger partial charge in [0.2, 0.25) is 0 Å². The van der Waals surface area contributed by atoms with E-state index in [2.05, 4.69) is 5.10 Å². The Kier molecular flexibility index (Phi) is 3.08. The molecule has 0 aliphatic rings. The normalized spacial score (nSPS) is 10.7. The lowest BCUT2D eigenvalue weighted by molar-refractivity contribution is 0.819. The molecule has 0 radical (unpaired) electrons. The summed E-state index contributed by atoms with van der Waals surface area (Å²) in [4.78, 5) is 11.7. The Morgan fingerprint density at radius 3 is 2.69 bits per heavy atom. The molecule has 0 bridgehead atoms. The average Bonchev–Trinajstić information content (AvgIpc) is 2.63. The lowest BCUT2D eigenvalue weighted by Gasteiger charge is -2.04. The fourth-order valence-corrected chi connectivity index (χ4v) is 1.83. The lowest BCUT2D eigenvalue weighted by atomic mass is 10.3. The standard InChI is InChI=1S/C11H10Cl2N2O/c1-2-8-6-11(16)15(14-8)10-5-7(12)3-4-9(10)13/h3-6,14H,2H2,1H3. The molecule has 0 aliphatic carbocycles. The molecule has 0 atom stereocenters. The summed E-state index contributed by atoms with van der Waals surface area (Å²) >= 11 is 11.9. The van der Waals surface area contributed by atoms with Crippen LogP contribution in [-0.2, 0) is 6.42 Å². The highest BCUT2D eigenvalue weighted by Crippen LogP contribution is 2.22. The van der Waals surface area contributed by atoms with Gasteiger partial charge >= 0.3 is 0 Å². The van der Waals surface area contributed by atoms with Gasteiger partial charge in [-0.25, -0.2) is 4.68 Å². The second-order valence-electron chi connectivity index (χ2n) is 3.40. The summed E-state index contributed by atoms with van der Waals surface area (Å²) in [7, 11) is 0. The van der Waals surface area contributed by atoms with Crippen LogP contribution >= 0.6 is 23.2 Å². The van der Waals surface area contributed by atoms with Crippen LogP contribution in [0.2, 0.25) is 10.0 Å². The van der Waals surface area contributed by atoms with Gasteiger partial charge in [-0.1, -0.05) is 30.1 Å². The minimum atomic E-state index is -0.138. The number of hydrogen-bond donors (Lipinski definition) is 1. The van der Waals surface area contributed by atoms with Crippen molar-refractivity contribution in [2.45, 2.75) is 13.3 Å². The van der Waals surface area contributed by atoms with Gasteiger partial charge in [0.1, 0.15) is 0 Å². The molecule has 2 rings (SSSR count). The van der Waals surface area contributed by atoms with Crippen molar-refractivity contribution in [2.75, 3.05) is 0 Å². The van der Waals surface area contributed by atoms with Crippen molar-refractivity contribution in [3.63, 3.8) is 0 Å². The number of nitrogens with one attached hydrogen (secondary N) is 1. The molecule has 3 nitrogen and oxygen atoms in total. The molecule has 0 spiro atoms. The molecule has 84 valence electrons. The molecule has 1 N–H and O–H groups in total. The molecule has 0 saturated carbocycles. The van der Waals surface area contributed by atoms with Gasteiger partial charge in [0, 0.05) is 16.8 Å². The third-order valence-corrected chi connectivity index (χ3v) is 2.86. The van der Waals surface area contributed by atoms with E-state index in [-0.39, 0.29) is 5.56 Å². The first-order chi connectivity index (χ1) is 7.61. The summed E-state index contributed by atoms with van der Waals surface area (Å²) in [5.41, 5.74) is 1.29. The molecule has 0 saturated heterocycles. The monoisotopic (exact) mass is 256 g/mol. The second kappa shape index (κ2) is 4.36. The van der Waals surface area contributed by atoms with Crippen molar-refractivity contribution in [1.82, 2.24) is 9.78 Å². The quantitative estimate of drug-likeness (QED) is 0.882. The number of aromatic nitrogens is 2. The summed E-state index contributed by atoms with van der Waals surface area (Å²) in [5.74, 6) is 0. The Labute approximate surface area is 103 Å². The first-order valence-corrected chi connectivity index (χ1v) is 5.63. The van der Waals surface area contributed by atoms with E-state index in [1.165, 1.54) is 4.68 Å². The zero-order valence-electron chi connectivity index (χ0n) is 8.63. The predicted octanol–water partition coefficient (Wildman–Crippen LogP) is 3.03. The van der Waals surface area contributed by atoms with Crippen molar-refractivity contribution in [2.24, 2.45) is 0 Å². The Balaban J connectivity index is 2.62. The summed E-state index contributed by atoms with van der Waals surface area (Å²) in [6, 6.07) is 6.55. The zero-order chi connectivity index (χ0) is 11.7. The van der Waals surface area contributed by atoms with E-state index in [1.54, 1.807) is 24.3 Å². The molecule has 5 heteroatoms. The number of hydrogen-bond acceptors (Lipinski definition) is 1. The molecule has 1 aromatic carbocycles. The minimum absolute atomic E-state index is 0.138. The van der Waals surface area contributed by atoms with Crippen LogP contribution in [0, 0.1) is 0 Å². The van der Waals surface area contributed by atoms with Crippen molar-refractivity contribution >= 4 is 23.2 Å². The third-order valence-electron chi connectivity index (χ3n) is 2.30. The minimum Gasteiger partial charge on any atom is -0.295 e. The molecular weight excluding hydrogens is 247 g/mol. The zero-order valence-corrected chi connectivity index (χ0v) is 10.1. The van der Waals surface area contributed by atoms with E-state index in [0.29, 0.717) is 15.7 Å². The Morgan fingerprint density at radius 1 is 1.31 bits per heavy atom. The van der Waals surface area contributed by atoms with Crippen LogP contribution in [0.1, 0.15) is 12.6 Å². The van der Waals surface area contributed by atoms with Gasteiger partial charge in [-0.3, -0.25) is 9.89 Å². The Hall–Kier alpha value is -1.19. The van der Waals surface area contributed by atoms with E-state index in [9.17, 15) is 4.79 Å². The van der Waals surface area contributed by atoms with Crippen LogP contribution in [0.5, 0.6) is 0 Å². The topological polar surface area (TPSA) is 37.8 Å². The number of aryl methyl sites for hydroxylation is 1. The number of rotatable bonds is 2. The van der Waals surface area contributed by atoms with Gasteiger partial charge in [-0.15, -0.1) is 0 Å². The maximum absolute atomic E-state index is 11.7. The van der Waals surface area contributed by atoms with Crippen LogP contribution in [0.15, 0.2) is 29.1 Å². The van der Waals surface area contributed by atoms with Crippen LogP contribution in [0.3, 0.4) is 0 Å². The molecule has 16 heavy (non-hydrogen) atoms. The molecule has 0 aliphatic heterocycles. The van der Waals surface area contributed by atoms with E-state index in [1.807, 2.05) is 6.92 Å². The third kappa shape index (κ3) is 2.01. The fraction of sp³-hybridized carbons (Fsp3) is 0.182. The molecular formula is C11H10Cl2N2O. The number of benzene rings is 1. The van der Waals surface area contributed by atoms with Crippen molar-refractivity contribution in [1.29, 1.82) is 0 Å². The SMILES string of the molecule is CCc1cc(=O)n(-c2cc(Cl)ccc2Cl)[nH]1. The highest BCUT2D eigenvalue weighted by Gasteiger charge is 2.08. The van der Waals surface area contributed by atoms with Gasteiger partial charge in [-0.2, -0.15) is 0 Å².